The number of hydrogen-bond donors (Lipinski definition) is 3. The van der Waals surface area contributed by atoms with Crippen molar-refractivity contribution in [3.8, 4) is 17.2 Å². The Labute approximate surface area is 157 Å². The van der Waals surface area contributed by atoms with Gasteiger partial charge in [-0.15, -0.1) is 0 Å². The lowest BCUT2D eigenvalue weighted by molar-refractivity contribution is 0.216. The third kappa shape index (κ3) is 4.07. The molecular formula is C19H24N4O4. The van der Waals surface area contributed by atoms with Gasteiger partial charge in [0.2, 0.25) is 0 Å². The molecule has 8 nitrogen and oxygen atoms in total. The largest absolute Gasteiger partial charge is 0.508 e. The highest BCUT2D eigenvalue weighted by Gasteiger charge is 2.28. The number of hydrazine groups is 2. The van der Waals surface area contributed by atoms with E-state index < -0.39 is 6.03 Å². The summed E-state index contributed by atoms with van der Waals surface area (Å²) in [5.41, 5.74) is 2.03. The van der Waals surface area contributed by atoms with Gasteiger partial charge in [-0.3, -0.25) is 5.01 Å². The normalized spacial score (nSPS) is 13.2. The molecule has 2 amide bonds. The summed E-state index contributed by atoms with van der Waals surface area (Å²) in [5.74, 6) is 13.3. The second kappa shape index (κ2) is 7.73. The van der Waals surface area contributed by atoms with E-state index >= 15 is 0 Å². The molecule has 0 radical (unpaired) electrons. The number of nitrogens with two attached hydrogens (primary N) is 2. The highest BCUT2D eigenvalue weighted by molar-refractivity contribution is 5.91. The molecule has 1 saturated carbocycles. The van der Waals surface area contributed by atoms with Crippen LogP contribution in [0.2, 0.25) is 0 Å². The molecule has 0 spiro atoms. The molecule has 0 heterocycles. The maximum atomic E-state index is 12.2. The number of methoxy groups -OCH3 is 1. The van der Waals surface area contributed by atoms with Crippen molar-refractivity contribution in [2.24, 2.45) is 11.7 Å². The van der Waals surface area contributed by atoms with Crippen LogP contribution in [0.4, 0.5) is 10.5 Å². The molecule has 0 aromatic heterocycles. The van der Waals surface area contributed by atoms with E-state index in [2.05, 4.69) is 0 Å². The van der Waals surface area contributed by atoms with Gasteiger partial charge >= 0.3 is 6.03 Å². The van der Waals surface area contributed by atoms with Crippen molar-refractivity contribution >= 4 is 11.7 Å². The molecule has 1 aliphatic carbocycles. The maximum Gasteiger partial charge on any atom is 0.352 e. The molecule has 0 saturated heterocycles. The van der Waals surface area contributed by atoms with Gasteiger partial charge in [-0.05, 0) is 49.1 Å². The van der Waals surface area contributed by atoms with E-state index in [1.54, 1.807) is 36.4 Å². The Morgan fingerprint density at radius 3 is 2.59 bits per heavy atom. The van der Waals surface area contributed by atoms with Gasteiger partial charge in [0.25, 0.3) is 0 Å². The highest BCUT2D eigenvalue weighted by Crippen LogP contribution is 2.45. The summed E-state index contributed by atoms with van der Waals surface area (Å²) in [7, 11) is 2.95. The van der Waals surface area contributed by atoms with E-state index in [0.29, 0.717) is 28.7 Å². The Morgan fingerprint density at radius 1 is 1.22 bits per heavy atom. The summed E-state index contributed by atoms with van der Waals surface area (Å²) in [6.45, 7) is 0.138. The number of carbonyl (C=O) groups excluding carboxylic acids is 1. The van der Waals surface area contributed by atoms with E-state index in [1.165, 1.54) is 14.2 Å². The van der Waals surface area contributed by atoms with Crippen LogP contribution in [-0.2, 0) is 6.61 Å². The smallest absolute Gasteiger partial charge is 0.352 e. The summed E-state index contributed by atoms with van der Waals surface area (Å²) in [6.07, 6.45) is 2.15. The number of benzene rings is 2. The van der Waals surface area contributed by atoms with Crippen molar-refractivity contribution < 1.29 is 19.4 Å². The number of anilines is 1. The Hall–Kier alpha value is -2.97. The first-order chi connectivity index (χ1) is 12.9. The number of hydrogen-bond acceptors (Lipinski definition) is 6. The van der Waals surface area contributed by atoms with Crippen molar-refractivity contribution in [3.63, 3.8) is 0 Å². The molecule has 5 N–H and O–H groups in total. The van der Waals surface area contributed by atoms with E-state index in [1.807, 2.05) is 0 Å². The number of rotatable bonds is 6. The minimum Gasteiger partial charge on any atom is -0.508 e. The first-order valence-electron chi connectivity index (χ1n) is 8.61. The molecule has 0 unspecified atom stereocenters. The van der Waals surface area contributed by atoms with Crippen LogP contribution in [0.15, 0.2) is 36.4 Å². The maximum absolute atomic E-state index is 12.2. The average Bonchev–Trinajstić information content (AvgIpc) is 3.50. The summed E-state index contributed by atoms with van der Waals surface area (Å²) >= 11 is 0. The zero-order chi connectivity index (χ0) is 19.6. The fraction of sp³-hybridized carbons (Fsp3) is 0.316. The van der Waals surface area contributed by atoms with Crippen molar-refractivity contribution in [2.75, 3.05) is 19.2 Å². The predicted octanol–water partition coefficient (Wildman–Crippen LogP) is 2.46. The van der Waals surface area contributed by atoms with E-state index in [-0.39, 0.29) is 12.4 Å². The molecule has 0 aliphatic heterocycles. The summed E-state index contributed by atoms with van der Waals surface area (Å²) < 4.78 is 11.4. The molecule has 1 fully saturated rings. The average molecular weight is 372 g/mol. The third-order valence-corrected chi connectivity index (χ3v) is 4.48. The number of amides is 2. The monoisotopic (exact) mass is 372 g/mol. The van der Waals surface area contributed by atoms with Crippen LogP contribution in [0.3, 0.4) is 0 Å². The summed E-state index contributed by atoms with van der Waals surface area (Å²) in [4.78, 5) is 12.2. The number of carbonyl (C=O) groups is 1. The molecule has 0 bridgehead atoms. The van der Waals surface area contributed by atoms with Crippen LogP contribution < -0.4 is 26.2 Å². The zero-order valence-electron chi connectivity index (χ0n) is 15.4. The molecule has 8 heteroatoms. The Balaban J connectivity index is 1.89. The molecule has 0 atom stereocenters. The lowest BCUT2D eigenvalue weighted by atomic mass is 10.1. The number of phenols is 1. The number of ether oxygens (including phenoxy) is 2. The van der Waals surface area contributed by atoms with Crippen LogP contribution in [0.5, 0.6) is 17.2 Å². The van der Waals surface area contributed by atoms with Gasteiger partial charge in [-0.1, -0.05) is 6.07 Å². The highest BCUT2D eigenvalue weighted by atomic mass is 16.5. The van der Waals surface area contributed by atoms with Crippen LogP contribution in [0, 0.1) is 0 Å². The van der Waals surface area contributed by atoms with Crippen molar-refractivity contribution in [2.45, 2.75) is 25.4 Å². The van der Waals surface area contributed by atoms with Crippen LogP contribution in [0.1, 0.15) is 29.9 Å². The summed E-state index contributed by atoms with van der Waals surface area (Å²) in [5, 5.41) is 11.6. The minimum absolute atomic E-state index is 0.138. The van der Waals surface area contributed by atoms with Crippen LogP contribution in [-0.4, -0.2) is 30.3 Å². The van der Waals surface area contributed by atoms with Gasteiger partial charge in [0.05, 0.1) is 18.4 Å². The Kier molecular flexibility index (Phi) is 5.38. The minimum atomic E-state index is -0.576. The van der Waals surface area contributed by atoms with Gasteiger partial charge in [0.1, 0.15) is 23.9 Å². The van der Waals surface area contributed by atoms with Gasteiger partial charge < -0.3 is 14.6 Å². The molecule has 144 valence electrons. The predicted molar refractivity (Wildman–Crippen MR) is 101 cm³/mol. The number of nitrogens with zero attached hydrogens (tertiary/aromatic N) is 2. The van der Waals surface area contributed by atoms with Gasteiger partial charge in [0, 0.05) is 12.6 Å². The van der Waals surface area contributed by atoms with E-state index in [9.17, 15) is 9.90 Å². The topological polar surface area (TPSA) is 114 Å². The number of urea groups is 1. The van der Waals surface area contributed by atoms with Crippen LogP contribution in [0.25, 0.3) is 0 Å². The third-order valence-electron chi connectivity index (χ3n) is 4.48. The van der Waals surface area contributed by atoms with Gasteiger partial charge in [0.15, 0.2) is 0 Å². The fourth-order valence-electron chi connectivity index (χ4n) is 2.92. The molecule has 2 aromatic carbocycles. The zero-order valence-corrected chi connectivity index (χ0v) is 15.4. The lowest BCUT2D eigenvalue weighted by Crippen LogP contribution is -2.49. The summed E-state index contributed by atoms with van der Waals surface area (Å²) in [6, 6.07) is 9.69. The molecule has 2 aromatic rings. The first kappa shape index (κ1) is 18.8. The van der Waals surface area contributed by atoms with E-state index in [4.69, 9.17) is 21.2 Å². The first-order valence-corrected chi connectivity index (χ1v) is 8.61. The van der Waals surface area contributed by atoms with Crippen LogP contribution >= 0.6 is 0 Å². The lowest BCUT2D eigenvalue weighted by Gasteiger charge is -2.24. The van der Waals surface area contributed by atoms with Gasteiger partial charge in [-0.2, -0.15) is 0 Å². The second-order valence-electron chi connectivity index (χ2n) is 6.51. The molecule has 3 rings (SSSR count). The Bertz CT molecular complexity index is 836. The van der Waals surface area contributed by atoms with E-state index in [0.717, 1.165) is 28.4 Å². The Morgan fingerprint density at radius 2 is 1.96 bits per heavy atom. The molecule has 1 aliphatic rings. The van der Waals surface area contributed by atoms with Crippen molar-refractivity contribution in [3.05, 3.63) is 47.5 Å². The quantitative estimate of drug-likeness (QED) is 0.408. The van der Waals surface area contributed by atoms with Crippen molar-refractivity contribution in [1.29, 1.82) is 0 Å². The molecular weight excluding hydrogens is 348 g/mol. The number of phenolic OH excluding ortho intramolecular Hbond substituents is 1. The number of aromatic hydroxyl groups is 1. The second-order valence-corrected chi connectivity index (χ2v) is 6.51. The van der Waals surface area contributed by atoms with Gasteiger partial charge in [-0.25, -0.2) is 21.5 Å². The SMILES string of the molecule is COc1cccc(N(N)C(=O)N(C)N)c1COc1ccc(O)cc1C1CC1. The van der Waals surface area contributed by atoms with Crippen molar-refractivity contribution in [1.82, 2.24) is 5.01 Å². The molecule has 27 heavy (non-hydrogen) atoms. The standard InChI is InChI=1S/C19H24N4O4/c1-22(20)19(25)23(21)16-4-3-5-17(26-2)15(16)11-27-18-9-8-13(24)10-14(18)12-6-7-12/h3-5,8-10,12,24H,6-7,11,20-21H2,1-2H3. The fourth-order valence-corrected chi connectivity index (χ4v) is 2.92.